The fraction of sp³-hybridized carbons (Fsp3) is 1.00. The van der Waals surface area contributed by atoms with Crippen LogP contribution < -0.4 is 5.32 Å². The van der Waals surface area contributed by atoms with Gasteiger partial charge in [0, 0.05) is 19.6 Å². The molecule has 4 heteroatoms. The van der Waals surface area contributed by atoms with Crippen LogP contribution in [0.5, 0.6) is 0 Å². The van der Waals surface area contributed by atoms with Crippen LogP contribution >= 0.6 is 0 Å². The molecule has 0 atom stereocenters. The third-order valence-corrected chi connectivity index (χ3v) is 7.46. The molecule has 0 bridgehead atoms. The van der Waals surface area contributed by atoms with Crippen molar-refractivity contribution in [1.82, 2.24) is 15.1 Å². The van der Waals surface area contributed by atoms with Gasteiger partial charge in [0.15, 0.2) is 0 Å². The highest BCUT2D eigenvalue weighted by Crippen LogP contribution is 2.40. The van der Waals surface area contributed by atoms with Gasteiger partial charge in [-0.15, -0.1) is 0 Å². The second-order valence-electron chi connectivity index (χ2n) is 9.33. The molecule has 0 amide bonds. The minimum absolute atomic E-state index is 0.534. The predicted molar refractivity (Wildman–Crippen MR) is 103 cm³/mol. The Kier molecular flexibility index (Phi) is 6.01. The molecule has 1 saturated carbocycles. The van der Waals surface area contributed by atoms with Crippen LogP contribution in [0.2, 0.25) is 0 Å². The zero-order valence-electron chi connectivity index (χ0n) is 16.3. The first-order chi connectivity index (χ1) is 12.2. The van der Waals surface area contributed by atoms with Crippen LogP contribution in [-0.4, -0.2) is 74.4 Å². The van der Waals surface area contributed by atoms with Crippen LogP contribution in [0.3, 0.4) is 0 Å². The number of ether oxygens (including phenoxy) is 1. The summed E-state index contributed by atoms with van der Waals surface area (Å²) in [4.78, 5) is 5.39. The molecule has 1 spiro atoms. The highest BCUT2D eigenvalue weighted by molar-refractivity contribution is 4.98. The lowest BCUT2D eigenvalue weighted by Crippen LogP contribution is -2.60. The topological polar surface area (TPSA) is 27.7 Å². The SMILES string of the molecule is CCN1CC2(CCN(CC3CCC(OC4CCNCC4)CC3)CC2)C1. The lowest BCUT2D eigenvalue weighted by atomic mass is 9.72. The highest BCUT2D eigenvalue weighted by atomic mass is 16.5. The molecule has 144 valence electrons. The van der Waals surface area contributed by atoms with E-state index in [0.717, 1.165) is 19.0 Å². The summed E-state index contributed by atoms with van der Waals surface area (Å²) in [5.41, 5.74) is 0.701. The van der Waals surface area contributed by atoms with Crippen molar-refractivity contribution in [3.05, 3.63) is 0 Å². The third kappa shape index (κ3) is 4.58. The zero-order chi connectivity index (χ0) is 17.1. The van der Waals surface area contributed by atoms with Crippen LogP contribution in [0.4, 0.5) is 0 Å². The second kappa shape index (κ2) is 8.24. The number of rotatable bonds is 5. The van der Waals surface area contributed by atoms with Crippen LogP contribution in [0.15, 0.2) is 0 Å². The van der Waals surface area contributed by atoms with Gasteiger partial charge in [-0.2, -0.15) is 0 Å². The van der Waals surface area contributed by atoms with Crippen LogP contribution in [0.1, 0.15) is 58.3 Å². The average Bonchev–Trinajstić information content (AvgIpc) is 2.63. The number of piperidine rings is 2. The average molecular weight is 350 g/mol. The Balaban J connectivity index is 1.12. The molecule has 4 nitrogen and oxygen atoms in total. The van der Waals surface area contributed by atoms with Crippen molar-refractivity contribution in [2.24, 2.45) is 11.3 Å². The van der Waals surface area contributed by atoms with Crippen molar-refractivity contribution in [2.45, 2.75) is 70.5 Å². The van der Waals surface area contributed by atoms with Gasteiger partial charge in [0.2, 0.25) is 0 Å². The minimum Gasteiger partial charge on any atom is -0.375 e. The van der Waals surface area contributed by atoms with E-state index in [1.54, 1.807) is 0 Å². The maximum Gasteiger partial charge on any atom is 0.0603 e. The molecule has 0 aromatic heterocycles. The van der Waals surface area contributed by atoms with Gasteiger partial charge in [0.05, 0.1) is 12.2 Å². The first-order valence-electron chi connectivity index (χ1n) is 11.1. The smallest absolute Gasteiger partial charge is 0.0603 e. The summed E-state index contributed by atoms with van der Waals surface area (Å²) in [5, 5.41) is 3.44. The summed E-state index contributed by atoms with van der Waals surface area (Å²) < 4.78 is 6.38. The maximum absolute atomic E-state index is 6.38. The zero-order valence-corrected chi connectivity index (χ0v) is 16.3. The second-order valence-corrected chi connectivity index (χ2v) is 9.33. The van der Waals surface area contributed by atoms with E-state index >= 15 is 0 Å². The molecule has 3 aliphatic heterocycles. The fourth-order valence-electron chi connectivity index (χ4n) is 5.67. The maximum atomic E-state index is 6.38. The standard InChI is InChI=1S/C21H39N3O/c1-2-23-16-21(17-23)9-13-24(14-10-21)15-18-3-5-19(6-4-18)25-20-7-11-22-12-8-20/h18-20,22H,2-17H2,1H3. The third-order valence-electron chi connectivity index (χ3n) is 7.46. The number of nitrogens with zero attached hydrogens (tertiary/aromatic N) is 2. The van der Waals surface area contributed by atoms with Crippen LogP contribution in [-0.2, 0) is 4.74 Å². The molecule has 1 aliphatic carbocycles. The largest absolute Gasteiger partial charge is 0.375 e. The van der Waals surface area contributed by atoms with Crippen LogP contribution in [0.25, 0.3) is 0 Å². The van der Waals surface area contributed by atoms with Gasteiger partial charge in [0.1, 0.15) is 0 Å². The molecule has 4 fully saturated rings. The number of likely N-dealkylation sites (tertiary alicyclic amines) is 2. The number of hydrogen-bond donors (Lipinski definition) is 1. The van der Waals surface area contributed by atoms with Crippen molar-refractivity contribution in [1.29, 1.82) is 0 Å². The van der Waals surface area contributed by atoms with Gasteiger partial charge in [-0.05, 0) is 95.4 Å². The van der Waals surface area contributed by atoms with E-state index < -0.39 is 0 Å². The van der Waals surface area contributed by atoms with Gasteiger partial charge in [-0.3, -0.25) is 0 Å². The normalized spacial score (nSPS) is 34.9. The van der Waals surface area contributed by atoms with E-state index in [4.69, 9.17) is 4.74 Å². The van der Waals surface area contributed by atoms with E-state index in [-0.39, 0.29) is 0 Å². The molecule has 4 rings (SSSR count). The van der Waals surface area contributed by atoms with E-state index in [2.05, 4.69) is 22.0 Å². The number of nitrogens with one attached hydrogen (secondary N) is 1. The summed E-state index contributed by atoms with van der Waals surface area (Å²) in [6.45, 7) is 12.6. The molecule has 4 aliphatic rings. The highest BCUT2D eigenvalue weighted by Gasteiger charge is 2.44. The Labute approximate surface area is 154 Å². The molecule has 0 aromatic carbocycles. The van der Waals surface area contributed by atoms with E-state index in [0.29, 0.717) is 17.6 Å². The predicted octanol–water partition coefficient (Wildman–Crippen LogP) is 2.73. The molecule has 3 saturated heterocycles. The van der Waals surface area contributed by atoms with Gasteiger partial charge >= 0.3 is 0 Å². The summed E-state index contributed by atoms with van der Waals surface area (Å²) in [6.07, 6.45) is 11.8. The molecule has 3 heterocycles. The van der Waals surface area contributed by atoms with Gasteiger partial charge in [0.25, 0.3) is 0 Å². The molecule has 0 aromatic rings. The van der Waals surface area contributed by atoms with E-state index in [1.807, 2.05) is 0 Å². The lowest BCUT2D eigenvalue weighted by Gasteiger charge is -2.54. The molecule has 1 N–H and O–H groups in total. The van der Waals surface area contributed by atoms with Crippen molar-refractivity contribution < 1.29 is 4.74 Å². The molecule has 0 radical (unpaired) electrons. The fourth-order valence-corrected chi connectivity index (χ4v) is 5.67. The molecular weight excluding hydrogens is 310 g/mol. The van der Waals surface area contributed by atoms with Crippen LogP contribution in [0, 0.1) is 11.3 Å². The Bertz CT molecular complexity index is 399. The quantitative estimate of drug-likeness (QED) is 0.826. The number of hydrogen-bond acceptors (Lipinski definition) is 4. The molecule has 25 heavy (non-hydrogen) atoms. The molecular formula is C21H39N3O. The Morgan fingerprint density at radius 3 is 2.16 bits per heavy atom. The van der Waals surface area contributed by atoms with E-state index in [1.165, 1.54) is 90.6 Å². The first-order valence-corrected chi connectivity index (χ1v) is 11.1. The van der Waals surface area contributed by atoms with Gasteiger partial charge in [-0.1, -0.05) is 6.92 Å². The molecule has 0 unspecified atom stereocenters. The summed E-state index contributed by atoms with van der Waals surface area (Å²) in [7, 11) is 0. The minimum atomic E-state index is 0.534. The van der Waals surface area contributed by atoms with Crippen molar-refractivity contribution in [2.75, 3.05) is 52.4 Å². The lowest BCUT2D eigenvalue weighted by molar-refractivity contribution is -0.0582. The summed E-state index contributed by atoms with van der Waals surface area (Å²) in [5.74, 6) is 0.926. The summed E-state index contributed by atoms with van der Waals surface area (Å²) >= 11 is 0. The van der Waals surface area contributed by atoms with Gasteiger partial charge < -0.3 is 19.9 Å². The Hall–Kier alpha value is -0.160. The first kappa shape index (κ1) is 18.2. The van der Waals surface area contributed by atoms with Crippen molar-refractivity contribution in [3.63, 3.8) is 0 Å². The van der Waals surface area contributed by atoms with Crippen molar-refractivity contribution in [3.8, 4) is 0 Å². The van der Waals surface area contributed by atoms with E-state index in [9.17, 15) is 0 Å². The Morgan fingerprint density at radius 2 is 1.52 bits per heavy atom. The summed E-state index contributed by atoms with van der Waals surface area (Å²) in [6, 6.07) is 0. The van der Waals surface area contributed by atoms with Gasteiger partial charge in [-0.25, -0.2) is 0 Å². The van der Waals surface area contributed by atoms with Crippen molar-refractivity contribution >= 4 is 0 Å². The Morgan fingerprint density at radius 1 is 0.880 bits per heavy atom. The monoisotopic (exact) mass is 349 g/mol.